The van der Waals surface area contributed by atoms with Crippen molar-refractivity contribution in [3.05, 3.63) is 83.6 Å². The maximum Gasteiger partial charge on any atom is 0.335 e. The molecular formula is C18H16O3. The molecule has 0 fully saturated rings. The summed E-state index contributed by atoms with van der Waals surface area (Å²) in [6.45, 7) is 0. The Morgan fingerprint density at radius 2 is 1.57 bits per heavy atom. The Bertz CT molecular complexity index is 661. The number of esters is 1. The van der Waals surface area contributed by atoms with Crippen LogP contribution in [0, 0.1) is 0 Å². The molecule has 0 saturated carbocycles. The van der Waals surface area contributed by atoms with E-state index in [1.54, 1.807) is 0 Å². The van der Waals surface area contributed by atoms with Crippen molar-refractivity contribution in [1.29, 1.82) is 0 Å². The third-order valence-corrected chi connectivity index (χ3v) is 3.79. The summed E-state index contributed by atoms with van der Waals surface area (Å²) in [7, 11) is 0. The lowest BCUT2D eigenvalue weighted by atomic mass is 9.86. The Balaban J connectivity index is 1.91. The van der Waals surface area contributed by atoms with Gasteiger partial charge in [0.15, 0.2) is 5.60 Å². The van der Waals surface area contributed by atoms with Gasteiger partial charge in [0.2, 0.25) is 0 Å². The van der Waals surface area contributed by atoms with Crippen LogP contribution in [0.1, 0.15) is 17.5 Å². The molecule has 1 unspecified atom stereocenters. The molecule has 3 heteroatoms. The van der Waals surface area contributed by atoms with Gasteiger partial charge in [0.05, 0.1) is 6.08 Å². The average Bonchev–Trinajstić information content (AvgIpc) is 2.82. The van der Waals surface area contributed by atoms with Crippen molar-refractivity contribution in [2.75, 3.05) is 0 Å². The van der Waals surface area contributed by atoms with E-state index >= 15 is 0 Å². The van der Waals surface area contributed by atoms with Crippen LogP contribution in [-0.4, -0.2) is 11.1 Å². The van der Waals surface area contributed by atoms with E-state index in [-0.39, 0.29) is 5.76 Å². The summed E-state index contributed by atoms with van der Waals surface area (Å²) < 4.78 is 5.49. The second kappa shape index (κ2) is 5.44. The summed E-state index contributed by atoms with van der Waals surface area (Å²) in [6.07, 6.45) is 2.38. The average molecular weight is 280 g/mol. The number of aryl methyl sites for hydroxylation is 1. The van der Waals surface area contributed by atoms with Gasteiger partial charge in [-0.15, -0.1) is 0 Å². The monoisotopic (exact) mass is 280 g/mol. The van der Waals surface area contributed by atoms with Crippen LogP contribution >= 0.6 is 0 Å². The largest absolute Gasteiger partial charge is 0.507 e. The van der Waals surface area contributed by atoms with E-state index < -0.39 is 11.6 Å². The van der Waals surface area contributed by atoms with E-state index in [0.29, 0.717) is 12.8 Å². The molecule has 3 nitrogen and oxygen atoms in total. The second-order valence-corrected chi connectivity index (χ2v) is 5.13. The normalized spacial score (nSPS) is 21.0. The molecule has 0 saturated heterocycles. The summed E-state index contributed by atoms with van der Waals surface area (Å²) >= 11 is 0. The number of hydrogen-bond donors (Lipinski definition) is 1. The maximum absolute atomic E-state index is 11.6. The first-order chi connectivity index (χ1) is 10.2. The zero-order chi connectivity index (χ0) is 14.7. The van der Waals surface area contributed by atoms with Gasteiger partial charge in [-0.2, -0.15) is 0 Å². The standard InChI is InChI=1S/C18H16O3/c19-16-13-17(20)21-18(16,15-9-5-2-6-10-15)12-11-14-7-3-1-4-8-14/h1-10,13,19H,11-12H2. The Morgan fingerprint density at radius 3 is 2.14 bits per heavy atom. The smallest absolute Gasteiger partial charge is 0.335 e. The van der Waals surface area contributed by atoms with Crippen molar-refractivity contribution < 1.29 is 14.6 Å². The highest BCUT2D eigenvalue weighted by Gasteiger charge is 2.44. The third kappa shape index (κ3) is 2.55. The molecule has 3 rings (SSSR count). The lowest BCUT2D eigenvalue weighted by Gasteiger charge is -2.29. The van der Waals surface area contributed by atoms with Crippen molar-refractivity contribution in [1.82, 2.24) is 0 Å². The fourth-order valence-corrected chi connectivity index (χ4v) is 2.68. The Kier molecular flexibility index (Phi) is 3.48. The van der Waals surface area contributed by atoms with Gasteiger partial charge in [0.1, 0.15) is 5.76 Å². The zero-order valence-corrected chi connectivity index (χ0v) is 11.5. The predicted molar refractivity (Wildman–Crippen MR) is 79.7 cm³/mol. The van der Waals surface area contributed by atoms with Gasteiger partial charge in [-0.3, -0.25) is 0 Å². The topological polar surface area (TPSA) is 46.5 Å². The lowest BCUT2D eigenvalue weighted by Crippen LogP contribution is -2.30. The first kappa shape index (κ1) is 13.4. The molecular weight excluding hydrogens is 264 g/mol. The van der Waals surface area contributed by atoms with Crippen molar-refractivity contribution in [3.63, 3.8) is 0 Å². The van der Waals surface area contributed by atoms with Gasteiger partial charge >= 0.3 is 5.97 Å². The Hall–Kier alpha value is -2.55. The highest BCUT2D eigenvalue weighted by atomic mass is 16.6. The van der Waals surface area contributed by atoms with Crippen LogP contribution in [0.3, 0.4) is 0 Å². The van der Waals surface area contributed by atoms with Gasteiger partial charge in [-0.25, -0.2) is 4.79 Å². The molecule has 1 aliphatic rings. The number of aliphatic hydroxyl groups is 1. The van der Waals surface area contributed by atoms with Crippen molar-refractivity contribution in [3.8, 4) is 0 Å². The van der Waals surface area contributed by atoms with E-state index in [4.69, 9.17) is 4.74 Å². The second-order valence-electron chi connectivity index (χ2n) is 5.13. The molecule has 0 amide bonds. The molecule has 2 aromatic carbocycles. The molecule has 0 aromatic heterocycles. The quantitative estimate of drug-likeness (QED) is 0.872. The molecule has 0 radical (unpaired) electrons. The van der Waals surface area contributed by atoms with Gasteiger partial charge in [-0.05, 0) is 12.0 Å². The van der Waals surface area contributed by atoms with Gasteiger partial charge < -0.3 is 9.84 Å². The number of ether oxygens (including phenoxy) is 1. The predicted octanol–water partition coefficient (Wildman–Crippen LogP) is 3.51. The molecule has 0 bridgehead atoms. The van der Waals surface area contributed by atoms with Gasteiger partial charge in [0.25, 0.3) is 0 Å². The van der Waals surface area contributed by atoms with Crippen LogP contribution in [0.25, 0.3) is 0 Å². The number of benzene rings is 2. The van der Waals surface area contributed by atoms with Crippen LogP contribution in [0.4, 0.5) is 0 Å². The van der Waals surface area contributed by atoms with E-state index in [9.17, 15) is 9.90 Å². The summed E-state index contributed by atoms with van der Waals surface area (Å²) in [5.41, 5.74) is 0.873. The molecule has 0 aliphatic carbocycles. The first-order valence-corrected chi connectivity index (χ1v) is 6.94. The van der Waals surface area contributed by atoms with E-state index in [1.165, 1.54) is 0 Å². The summed E-state index contributed by atoms with van der Waals surface area (Å²) in [5, 5.41) is 10.3. The van der Waals surface area contributed by atoms with E-state index in [2.05, 4.69) is 0 Å². The fourth-order valence-electron chi connectivity index (χ4n) is 2.68. The first-order valence-electron chi connectivity index (χ1n) is 6.94. The van der Waals surface area contributed by atoms with Crippen molar-refractivity contribution in [2.45, 2.75) is 18.4 Å². The molecule has 0 spiro atoms. The minimum Gasteiger partial charge on any atom is -0.507 e. The third-order valence-electron chi connectivity index (χ3n) is 3.79. The number of carbonyl (C=O) groups excluding carboxylic acids is 1. The van der Waals surface area contributed by atoms with Gasteiger partial charge in [-0.1, -0.05) is 60.7 Å². The lowest BCUT2D eigenvalue weighted by molar-refractivity contribution is -0.149. The molecule has 106 valence electrons. The molecule has 1 aliphatic heterocycles. The molecule has 1 atom stereocenters. The summed E-state index contributed by atoms with van der Waals surface area (Å²) in [6, 6.07) is 19.3. The number of hydrogen-bond acceptors (Lipinski definition) is 3. The van der Waals surface area contributed by atoms with Crippen molar-refractivity contribution in [2.24, 2.45) is 0 Å². The number of rotatable bonds is 4. The SMILES string of the molecule is O=C1C=C(O)C(CCc2ccccc2)(c2ccccc2)O1. The number of aliphatic hydroxyl groups excluding tert-OH is 1. The van der Waals surface area contributed by atoms with Crippen LogP contribution in [0.5, 0.6) is 0 Å². The van der Waals surface area contributed by atoms with Crippen LogP contribution in [-0.2, 0) is 21.6 Å². The maximum atomic E-state index is 11.6. The minimum atomic E-state index is -1.06. The van der Waals surface area contributed by atoms with Crippen LogP contribution in [0.2, 0.25) is 0 Å². The Morgan fingerprint density at radius 1 is 0.952 bits per heavy atom. The van der Waals surface area contributed by atoms with Crippen LogP contribution in [0.15, 0.2) is 72.5 Å². The summed E-state index contributed by atoms with van der Waals surface area (Å²) in [5.74, 6) is -0.515. The van der Waals surface area contributed by atoms with E-state index in [0.717, 1.165) is 17.2 Å². The molecule has 21 heavy (non-hydrogen) atoms. The fraction of sp³-hybridized carbons (Fsp3) is 0.167. The van der Waals surface area contributed by atoms with Gasteiger partial charge in [0, 0.05) is 12.0 Å². The highest BCUT2D eigenvalue weighted by Crippen LogP contribution is 2.40. The van der Waals surface area contributed by atoms with Crippen molar-refractivity contribution >= 4 is 5.97 Å². The molecule has 1 N–H and O–H groups in total. The Labute approximate surface area is 123 Å². The number of carbonyl (C=O) groups is 1. The highest BCUT2D eigenvalue weighted by molar-refractivity contribution is 5.86. The molecule has 2 aromatic rings. The molecule has 1 heterocycles. The van der Waals surface area contributed by atoms with E-state index in [1.807, 2.05) is 60.7 Å². The minimum absolute atomic E-state index is 0.0189. The zero-order valence-electron chi connectivity index (χ0n) is 11.5. The summed E-state index contributed by atoms with van der Waals surface area (Å²) in [4.78, 5) is 11.6. The van der Waals surface area contributed by atoms with Crippen LogP contribution < -0.4 is 0 Å². The number of cyclic esters (lactones) is 1.